The lowest BCUT2D eigenvalue weighted by atomic mass is 9.96. The van der Waals surface area contributed by atoms with Gasteiger partial charge in [-0.15, -0.1) is 6.42 Å². The Hall–Kier alpha value is -1.94. The molecule has 6 nitrogen and oxygen atoms in total. The van der Waals surface area contributed by atoms with Crippen molar-refractivity contribution in [1.29, 1.82) is 0 Å². The van der Waals surface area contributed by atoms with Crippen LogP contribution in [0, 0.1) is 18.3 Å². The van der Waals surface area contributed by atoms with Crippen LogP contribution in [0.25, 0.3) is 0 Å². The largest absolute Gasteiger partial charge is 0.444 e. The molecule has 0 aliphatic carbocycles. The molecule has 0 unspecified atom stereocenters. The SMILES string of the molecule is C#CCNC1=NC(=O)S/C1=C\C1CCN(C(=O)OC(C)(C)C)CC1. The fraction of sp³-hybridized carbons (Fsp3) is 0.588. The lowest BCUT2D eigenvalue weighted by Gasteiger charge is -2.32. The predicted octanol–water partition coefficient (Wildman–Crippen LogP) is 3.01. The maximum Gasteiger partial charge on any atom is 0.410 e. The van der Waals surface area contributed by atoms with Crippen molar-refractivity contribution in [2.75, 3.05) is 19.6 Å². The van der Waals surface area contributed by atoms with Crippen LogP contribution in [0.2, 0.25) is 0 Å². The standard InChI is InChI=1S/C17H23N3O3S/c1-5-8-18-14-13(24-15(21)19-14)11-12-6-9-20(10-7-12)16(22)23-17(2,3)4/h1,11-12H,6-10H2,2-4H3,(H,18,19,21)/b13-11-. The van der Waals surface area contributed by atoms with Gasteiger partial charge in [-0.1, -0.05) is 12.0 Å². The molecule has 0 aromatic heterocycles. The van der Waals surface area contributed by atoms with Gasteiger partial charge in [0.2, 0.25) is 0 Å². The molecule has 1 N–H and O–H groups in total. The lowest BCUT2D eigenvalue weighted by molar-refractivity contribution is 0.0197. The van der Waals surface area contributed by atoms with Crippen LogP contribution < -0.4 is 5.32 Å². The van der Waals surface area contributed by atoms with Crippen LogP contribution in [0.4, 0.5) is 9.59 Å². The highest BCUT2D eigenvalue weighted by molar-refractivity contribution is 8.18. The molecule has 0 saturated carbocycles. The summed E-state index contributed by atoms with van der Waals surface area (Å²) >= 11 is 1.11. The molecule has 0 spiro atoms. The number of rotatable bonds is 2. The first-order valence-electron chi connectivity index (χ1n) is 7.96. The number of ether oxygens (including phenoxy) is 1. The smallest absolute Gasteiger partial charge is 0.410 e. The van der Waals surface area contributed by atoms with Crippen LogP contribution in [0.15, 0.2) is 16.0 Å². The van der Waals surface area contributed by atoms with Crippen LogP contribution in [0.1, 0.15) is 33.6 Å². The van der Waals surface area contributed by atoms with E-state index < -0.39 is 5.60 Å². The number of carbonyl (C=O) groups is 2. The predicted molar refractivity (Wildman–Crippen MR) is 95.9 cm³/mol. The number of carbonyl (C=O) groups excluding carboxylic acids is 2. The molecule has 0 radical (unpaired) electrons. The summed E-state index contributed by atoms with van der Waals surface area (Å²) in [6.45, 7) is 7.21. The normalized spacial score (nSPS) is 20.8. The lowest BCUT2D eigenvalue weighted by Crippen LogP contribution is -2.41. The summed E-state index contributed by atoms with van der Waals surface area (Å²) < 4.78 is 5.40. The molecule has 2 rings (SSSR count). The number of aliphatic imine (C=N–C) groups is 1. The maximum atomic E-state index is 12.1. The minimum Gasteiger partial charge on any atom is -0.444 e. The molecule has 0 aromatic carbocycles. The van der Waals surface area contributed by atoms with Gasteiger partial charge in [0.15, 0.2) is 0 Å². The number of nitrogens with zero attached hydrogens (tertiary/aromatic N) is 2. The van der Waals surface area contributed by atoms with Gasteiger partial charge in [0.1, 0.15) is 11.4 Å². The van der Waals surface area contributed by atoms with Gasteiger partial charge in [0.25, 0.3) is 0 Å². The Morgan fingerprint density at radius 1 is 1.50 bits per heavy atom. The minimum absolute atomic E-state index is 0.230. The number of amidine groups is 1. The molecular formula is C17H23N3O3S. The Morgan fingerprint density at radius 2 is 2.17 bits per heavy atom. The molecule has 0 bridgehead atoms. The van der Waals surface area contributed by atoms with E-state index in [-0.39, 0.29) is 11.3 Å². The van der Waals surface area contributed by atoms with E-state index in [1.165, 1.54) is 0 Å². The van der Waals surface area contributed by atoms with Gasteiger partial charge in [0.05, 0.1) is 11.4 Å². The van der Waals surface area contributed by atoms with Crippen molar-refractivity contribution >= 4 is 28.9 Å². The second-order valence-corrected chi connectivity index (χ2v) is 7.71. The Morgan fingerprint density at radius 3 is 2.75 bits per heavy atom. The first-order valence-corrected chi connectivity index (χ1v) is 8.78. The number of piperidine rings is 1. The van der Waals surface area contributed by atoms with Gasteiger partial charge in [0, 0.05) is 13.1 Å². The van der Waals surface area contributed by atoms with Gasteiger partial charge < -0.3 is 15.0 Å². The highest BCUT2D eigenvalue weighted by Crippen LogP contribution is 2.30. The maximum absolute atomic E-state index is 12.1. The first kappa shape index (κ1) is 18.4. The molecule has 1 saturated heterocycles. The zero-order valence-corrected chi connectivity index (χ0v) is 15.1. The molecule has 0 aromatic rings. The number of allylic oxidation sites excluding steroid dienone is 1. The summed E-state index contributed by atoms with van der Waals surface area (Å²) in [4.78, 5) is 30.1. The number of amides is 2. The van der Waals surface area contributed by atoms with E-state index in [2.05, 4.69) is 22.3 Å². The Bertz CT molecular complexity index is 606. The number of terminal acetylenes is 1. The van der Waals surface area contributed by atoms with Gasteiger partial charge in [-0.25, -0.2) is 4.79 Å². The Kier molecular flexibility index (Phi) is 5.94. The average molecular weight is 349 g/mol. The van der Waals surface area contributed by atoms with Crippen molar-refractivity contribution in [3.8, 4) is 12.3 Å². The van der Waals surface area contributed by atoms with Crippen LogP contribution >= 0.6 is 11.8 Å². The summed E-state index contributed by atoms with van der Waals surface area (Å²) in [7, 11) is 0. The van der Waals surface area contributed by atoms with Crippen molar-refractivity contribution in [2.24, 2.45) is 10.9 Å². The second-order valence-electron chi connectivity index (χ2n) is 6.72. The van der Waals surface area contributed by atoms with Crippen LogP contribution in [-0.2, 0) is 4.74 Å². The van der Waals surface area contributed by atoms with E-state index in [4.69, 9.17) is 11.2 Å². The third-order valence-electron chi connectivity index (χ3n) is 3.57. The third kappa shape index (κ3) is 5.31. The fourth-order valence-electron chi connectivity index (χ4n) is 2.48. The summed E-state index contributed by atoms with van der Waals surface area (Å²) in [6, 6.07) is 0. The molecule has 130 valence electrons. The van der Waals surface area contributed by atoms with E-state index in [1.54, 1.807) is 4.90 Å². The number of hydrogen-bond donors (Lipinski definition) is 1. The van der Waals surface area contributed by atoms with E-state index in [9.17, 15) is 9.59 Å². The Balaban J connectivity index is 1.90. The van der Waals surface area contributed by atoms with Crippen LogP contribution in [-0.4, -0.2) is 47.3 Å². The molecule has 2 amide bonds. The minimum atomic E-state index is -0.481. The molecule has 0 atom stereocenters. The molecule has 2 heterocycles. The van der Waals surface area contributed by atoms with Crippen molar-refractivity contribution in [1.82, 2.24) is 10.2 Å². The average Bonchev–Trinajstić information content (AvgIpc) is 2.83. The van der Waals surface area contributed by atoms with Gasteiger partial charge in [-0.2, -0.15) is 4.99 Å². The van der Waals surface area contributed by atoms with E-state index in [1.807, 2.05) is 20.8 Å². The fourth-order valence-corrected chi connectivity index (χ4v) is 3.28. The molecule has 1 fully saturated rings. The molecule has 24 heavy (non-hydrogen) atoms. The highest BCUT2D eigenvalue weighted by Gasteiger charge is 2.28. The number of thioether (sulfide) groups is 1. The number of hydrogen-bond acceptors (Lipinski definition) is 5. The van der Waals surface area contributed by atoms with Crippen molar-refractivity contribution in [3.05, 3.63) is 11.0 Å². The topological polar surface area (TPSA) is 71.0 Å². The summed E-state index contributed by atoms with van der Waals surface area (Å²) in [5.41, 5.74) is -0.481. The van der Waals surface area contributed by atoms with Crippen LogP contribution in [0.3, 0.4) is 0 Å². The number of nitrogens with one attached hydrogen (secondary N) is 1. The monoisotopic (exact) mass is 349 g/mol. The highest BCUT2D eigenvalue weighted by atomic mass is 32.2. The van der Waals surface area contributed by atoms with Crippen molar-refractivity contribution < 1.29 is 14.3 Å². The van der Waals surface area contributed by atoms with E-state index >= 15 is 0 Å². The zero-order chi connectivity index (χ0) is 17.7. The third-order valence-corrected chi connectivity index (χ3v) is 4.39. The van der Waals surface area contributed by atoms with Crippen molar-refractivity contribution in [2.45, 2.75) is 39.2 Å². The van der Waals surface area contributed by atoms with Gasteiger partial charge in [-0.05, 0) is 51.3 Å². The van der Waals surface area contributed by atoms with Gasteiger partial charge >= 0.3 is 11.3 Å². The van der Waals surface area contributed by atoms with E-state index in [0.717, 1.165) is 29.5 Å². The zero-order valence-electron chi connectivity index (χ0n) is 14.3. The molecule has 7 heteroatoms. The quantitative estimate of drug-likeness (QED) is 0.776. The summed E-state index contributed by atoms with van der Waals surface area (Å²) in [6.07, 6.45) is 8.69. The summed E-state index contributed by atoms with van der Waals surface area (Å²) in [5, 5.41) is 2.74. The van der Waals surface area contributed by atoms with Crippen molar-refractivity contribution in [3.63, 3.8) is 0 Å². The van der Waals surface area contributed by atoms with E-state index in [0.29, 0.717) is 31.4 Å². The van der Waals surface area contributed by atoms with Crippen LogP contribution in [0.5, 0.6) is 0 Å². The second kappa shape index (κ2) is 7.75. The summed E-state index contributed by atoms with van der Waals surface area (Å²) in [5.74, 6) is 3.33. The molecular weight excluding hydrogens is 326 g/mol. The number of likely N-dealkylation sites (tertiary alicyclic amines) is 1. The molecule has 2 aliphatic heterocycles. The Labute approximate surface area is 147 Å². The molecule has 2 aliphatic rings. The first-order chi connectivity index (χ1) is 11.3. The van der Waals surface area contributed by atoms with Gasteiger partial charge in [-0.3, -0.25) is 4.79 Å².